The molecule has 1 aromatic rings. The number of hydrogen-bond acceptors (Lipinski definition) is 3. The van der Waals surface area contributed by atoms with Gasteiger partial charge < -0.3 is 10.5 Å². The smallest absolute Gasteiger partial charge is 0.0674 e. The van der Waals surface area contributed by atoms with E-state index in [1.807, 2.05) is 18.2 Å². The zero-order chi connectivity index (χ0) is 12.3. The fourth-order valence-electron chi connectivity index (χ4n) is 2.41. The van der Waals surface area contributed by atoms with Crippen molar-refractivity contribution in [3.05, 3.63) is 35.9 Å². The lowest BCUT2D eigenvalue weighted by molar-refractivity contribution is -0.0244. The number of nitrogens with two attached hydrogens (primary N) is 1. The Labute approximate surface area is 104 Å². The van der Waals surface area contributed by atoms with Crippen molar-refractivity contribution < 1.29 is 4.74 Å². The molecule has 0 aliphatic carbocycles. The lowest BCUT2D eigenvalue weighted by Crippen LogP contribution is -2.50. The summed E-state index contributed by atoms with van der Waals surface area (Å²) in [6, 6.07) is 10.3. The van der Waals surface area contributed by atoms with Gasteiger partial charge in [0.25, 0.3) is 0 Å². The Morgan fingerprint density at radius 1 is 1.41 bits per heavy atom. The van der Waals surface area contributed by atoms with Gasteiger partial charge in [0.2, 0.25) is 0 Å². The monoisotopic (exact) mass is 234 g/mol. The van der Waals surface area contributed by atoms with Crippen LogP contribution in [0.5, 0.6) is 0 Å². The minimum atomic E-state index is -0.293. The Morgan fingerprint density at radius 2 is 2.12 bits per heavy atom. The molecule has 94 valence electrons. The van der Waals surface area contributed by atoms with Gasteiger partial charge in [-0.15, -0.1) is 0 Å². The molecule has 1 aliphatic rings. The molecule has 1 aliphatic heterocycles. The van der Waals surface area contributed by atoms with E-state index in [0.29, 0.717) is 6.10 Å². The Balaban J connectivity index is 2.01. The molecule has 2 N–H and O–H groups in total. The maximum absolute atomic E-state index is 6.43. The van der Waals surface area contributed by atoms with E-state index in [0.717, 1.165) is 26.2 Å². The molecular weight excluding hydrogens is 212 g/mol. The topological polar surface area (TPSA) is 38.5 Å². The van der Waals surface area contributed by atoms with E-state index in [-0.39, 0.29) is 5.54 Å². The number of ether oxygens (including phenoxy) is 1. The van der Waals surface area contributed by atoms with Crippen LogP contribution in [0, 0.1) is 0 Å². The van der Waals surface area contributed by atoms with Crippen molar-refractivity contribution >= 4 is 0 Å². The molecule has 1 saturated heterocycles. The minimum absolute atomic E-state index is 0.293. The van der Waals surface area contributed by atoms with Gasteiger partial charge in [0.1, 0.15) is 0 Å². The van der Waals surface area contributed by atoms with Crippen LogP contribution in [0.15, 0.2) is 30.3 Å². The van der Waals surface area contributed by atoms with Gasteiger partial charge in [0.05, 0.1) is 18.2 Å². The first-order valence-corrected chi connectivity index (χ1v) is 6.26. The van der Waals surface area contributed by atoms with E-state index >= 15 is 0 Å². The molecular formula is C14H22N2O. The summed E-state index contributed by atoms with van der Waals surface area (Å²) in [5.74, 6) is 0. The summed E-state index contributed by atoms with van der Waals surface area (Å²) < 4.78 is 5.55. The highest BCUT2D eigenvalue weighted by molar-refractivity contribution is 5.23. The maximum atomic E-state index is 6.43. The van der Waals surface area contributed by atoms with Crippen LogP contribution in [-0.4, -0.2) is 37.2 Å². The normalized spacial score (nSPS) is 25.5. The number of morpholine rings is 1. The highest BCUT2D eigenvalue weighted by Crippen LogP contribution is 2.19. The minimum Gasteiger partial charge on any atom is -0.376 e. The van der Waals surface area contributed by atoms with Gasteiger partial charge in [-0.25, -0.2) is 0 Å². The summed E-state index contributed by atoms with van der Waals surface area (Å²) in [7, 11) is 0. The average Bonchev–Trinajstić information content (AvgIpc) is 2.29. The van der Waals surface area contributed by atoms with E-state index < -0.39 is 0 Å². The number of benzene rings is 1. The van der Waals surface area contributed by atoms with Crippen LogP contribution in [0.4, 0.5) is 0 Å². The van der Waals surface area contributed by atoms with E-state index in [2.05, 4.69) is 30.9 Å². The van der Waals surface area contributed by atoms with Gasteiger partial charge in [-0.3, -0.25) is 4.90 Å². The largest absolute Gasteiger partial charge is 0.376 e. The van der Waals surface area contributed by atoms with Gasteiger partial charge in [-0.2, -0.15) is 0 Å². The SMILES string of the molecule is CC1CN(CC(C)(N)c2ccccc2)CCO1. The lowest BCUT2D eigenvalue weighted by Gasteiger charge is -2.37. The van der Waals surface area contributed by atoms with E-state index in [1.54, 1.807) is 0 Å². The van der Waals surface area contributed by atoms with Crippen molar-refractivity contribution in [1.29, 1.82) is 0 Å². The molecule has 2 unspecified atom stereocenters. The molecule has 1 aromatic carbocycles. The molecule has 0 spiro atoms. The zero-order valence-electron chi connectivity index (χ0n) is 10.7. The molecule has 0 aromatic heterocycles. The summed E-state index contributed by atoms with van der Waals surface area (Å²) in [6.07, 6.45) is 0.315. The Morgan fingerprint density at radius 3 is 2.76 bits per heavy atom. The molecule has 1 fully saturated rings. The Kier molecular flexibility index (Phi) is 3.82. The van der Waals surface area contributed by atoms with Crippen molar-refractivity contribution in [2.45, 2.75) is 25.5 Å². The number of hydrogen-bond donors (Lipinski definition) is 1. The molecule has 3 nitrogen and oxygen atoms in total. The second kappa shape index (κ2) is 5.17. The third-order valence-corrected chi connectivity index (χ3v) is 3.31. The molecule has 3 heteroatoms. The molecule has 0 radical (unpaired) electrons. The van der Waals surface area contributed by atoms with Gasteiger partial charge in [0, 0.05) is 19.6 Å². The second-order valence-corrected chi connectivity index (χ2v) is 5.20. The van der Waals surface area contributed by atoms with Crippen LogP contribution in [0.1, 0.15) is 19.4 Å². The molecule has 0 bridgehead atoms. The van der Waals surface area contributed by atoms with Crippen molar-refractivity contribution in [3.63, 3.8) is 0 Å². The summed E-state index contributed by atoms with van der Waals surface area (Å²) in [5, 5.41) is 0. The Bertz CT molecular complexity index is 350. The predicted molar refractivity (Wildman–Crippen MR) is 69.8 cm³/mol. The average molecular weight is 234 g/mol. The predicted octanol–water partition coefficient (Wildman–Crippen LogP) is 1.58. The molecule has 2 rings (SSSR count). The Hall–Kier alpha value is -0.900. The van der Waals surface area contributed by atoms with Gasteiger partial charge in [-0.05, 0) is 19.4 Å². The van der Waals surface area contributed by atoms with Crippen LogP contribution >= 0.6 is 0 Å². The standard InChI is InChI=1S/C14H22N2O/c1-12-10-16(8-9-17-12)11-14(2,15)13-6-4-3-5-7-13/h3-7,12H,8-11,15H2,1-2H3. The third-order valence-electron chi connectivity index (χ3n) is 3.31. The quantitative estimate of drug-likeness (QED) is 0.863. The summed E-state index contributed by atoms with van der Waals surface area (Å²) in [4.78, 5) is 2.39. The first-order chi connectivity index (χ1) is 8.08. The van der Waals surface area contributed by atoms with Crippen LogP contribution in [0.25, 0.3) is 0 Å². The van der Waals surface area contributed by atoms with Gasteiger partial charge in [-0.1, -0.05) is 30.3 Å². The zero-order valence-corrected chi connectivity index (χ0v) is 10.7. The van der Waals surface area contributed by atoms with Gasteiger partial charge in [0.15, 0.2) is 0 Å². The molecule has 0 saturated carbocycles. The van der Waals surface area contributed by atoms with Crippen LogP contribution in [-0.2, 0) is 10.3 Å². The molecule has 2 atom stereocenters. The highest BCUT2D eigenvalue weighted by Gasteiger charge is 2.26. The molecule has 1 heterocycles. The maximum Gasteiger partial charge on any atom is 0.0674 e. The van der Waals surface area contributed by atoms with Crippen LogP contribution < -0.4 is 5.73 Å². The van der Waals surface area contributed by atoms with Crippen molar-refractivity contribution in [1.82, 2.24) is 4.90 Å². The van der Waals surface area contributed by atoms with Crippen molar-refractivity contribution in [2.24, 2.45) is 5.73 Å². The fraction of sp³-hybridized carbons (Fsp3) is 0.571. The fourth-order valence-corrected chi connectivity index (χ4v) is 2.41. The van der Waals surface area contributed by atoms with Crippen LogP contribution in [0.3, 0.4) is 0 Å². The van der Waals surface area contributed by atoms with E-state index in [9.17, 15) is 0 Å². The van der Waals surface area contributed by atoms with E-state index in [4.69, 9.17) is 10.5 Å². The number of nitrogens with zero attached hydrogens (tertiary/aromatic N) is 1. The van der Waals surface area contributed by atoms with Crippen molar-refractivity contribution in [2.75, 3.05) is 26.2 Å². The highest BCUT2D eigenvalue weighted by atomic mass is 16.5. The third kappa shape index (κ3) is 3.28. The van der Waals surface area contributed by atoms with Crippen molar-refractivity contribution in [3.8, 4) is 0 Å². The second-order valence-electron chi connectivity index (χ2n) is 5.20. The van der Waals surface area contributed by atoms with Gasteiger partial charge >= 0.3 is 0 Å². The van der Waals surface area contributed by atoms with Crippen LogP contribution in [0.2, 0.25) is 0 Å². The molecule has 17 heavy (non-hydrogen) atoms. The number of rotatable bonds is 3. The van der Waals surface area contributed by atoms with E-state index in [1.165, 1.54) is 5.56 Å². The first-order valence-electron chi connectivity index (χ1n) is 6.26. The summed E-state index contributed by atoms with van der Waals surface area (Å²) >= 11 is 0. The lowest BCUT2D eigenvalue weighted by atomic mass is 9.92. The first kappa shape index (κ1) is 12.6. The summed E-state index contributed by atoms with van der Waals surface area (Å²) in [5.41, 5.74) is 7.33. The summed E-state index contributed by atoms with van der Waals surface area (Å²) in [6.45, 7) is 7.85. The molecule has 0 amide bonds.